The number of hydrogen-bond acceptors (Lipinski definition) is 2. The predicted molar refractivity (Wildman–Crippen MR) is 75.7 cm³/mol. The van der Waals surface area contributed by atoms with E-state index in [1.807, 2.05) is 12.1 Å². The Balaban J connectivity index is 2.13. The average molecular weight is 253 g/mol. The van der Waals surface area contributed by atoms with Gasteiger partial charge < -0.3 is 10.6 Å². The quantitative estimate of drug-likeness (QED) is 0.808. The number of nitrogens with two attached hydrogens (primary N) is 1. The second kappa shape index (κ2) is 4.77. The summed E-state index contributed by atoms with van der Waals surface area (Å²) in [7, 11) is 0. The molecule has 0 bridgehead atoms. The first kappa shape index (κ1) is 12.6. The summed E-state index contributed by atoms with van der Waals surface area (Å²) >= 11 is 6.06. The molecule has 3 heteroatoms. The van der Waals surface area contributed by atoms with Crippen LogP contribution in [0.1, 0.15) is 33.1 Å². The van der Waals surface area contributed by atoms with Crippen LogP contribution in [0.25, 0.3) is 0 Å². The van der Waals surface area contributed by atoms with Gasteiger partial charge in [-0.1, -0.05) is 37.9 Å². The molecule has 0 spiro atoms. The van der Waals surface area contributed by atoms with Crippen LogP contribution in [0.15, 0.2) is 18.2 Å². The van der Waals surface area contributed by atoms with Crippen LogP contribution in [0.2, 0.25) is 5.02 Å². The van der Waals surface area contributed by atoms with E-state index in [1.165, 1.54) is 19.3 Å². The molecule has 1 fully saturated rings. The molecular formula is C14H21ClN2. The van der Waals surface area contributed by atoms with E-state index in [1.54, 1.807) is 0 Å². The number of piperidine rings is 1. The number of hydrogen-bond donors (Lipinski definition) is 1. The lowest BCUT2D eigenvalue weighted by Gasteiger charge is -2.40. The van der Waals surface area contributed by atoms with Crippen molar-refractivity contribution in [1.29, 1.82) is 0 Å². The first-order chi connectivity index (χ1) is 8.06. The van der Waals surface area contributed by atoms with Gasteiger partial charge in [-0.15, -0.1) is 0 Å². The van der Waals surface area contributed by atoms with Gasteiger partial charge in [0.25, 0.3) is 0 Å². The zero-order valence-corrected chi connectivity index (χ0v) is 11.4. The monoisotopic (exact) mass is 252 g/mol. The Kier molecular flexibility index (Phi) is 3.53. The predicted octanol–water partition coefficient (Wildman–Crippen LogP) is 3.94. The fourth-order valence-corrected chi connectivity index (χ4v) is 2.61. The fourth-order valence-electron chi connectivity index (χ4n) is 2.44. The molecular weight excluding hydrogens is 232 g/mol. The molecule has 0 atom stereocenters. The van der Waals surface area contributed by atoms with Crippen molar-refractivity contribution in [3.8, 4) is 0 Å². The van der Waals surface area contributed by atoms with Crippen molar-refractivity contribution in [2.24, 2.45) is 5.41 Å². The standard InChI is InChI=1S/C14H21ClN2/c1-3-14(2)7-9-17(10-8-14)12-6-4-5-11(15)13(12)16/h4-6H,3,7-10,16H2,1-2H3. The van der Waals surface area contributed by atoms with Crippen molar-refractivity contribution in [3.05, 3.63) is 23.2 Å². The summed E-state index contributed by atoms with van der Waals surface area (Å²) in [5.74, 6) is 0. The third-order valence-corrected chi connectivity index (χ3v) is 4.52. The van der Waals surface area contributed by atoms with Gasteiger partial charge in [0.15, 0.2) is 0 Å². The molecule has 1 aromatic rings. The highest BCUT2D eigenvalue weighted by molar-refractivity contribution is 6.33. The molecule has 1 aromatic carbocycles. The van der Waals surface area contributed by atoms with E-state index in [-0.39, 0.29) is 0 Å². The maximum Gasteiger partial charge on any atom is 0.0741 e. The molecule has 1 saturated heterocycles. The van der Waals surface area contributed by atoms with Gasteiger partial charge in [0.1, 0.15) is 0 Å². The zero-order chi connectivity index (χ0) is 12.5. The minimum Gasteiger partial charge on any atom is -0.396 e. The van der Waals surface area contributed by atoms with Crippen molar-refractivity contribution in [2.45, 2.75) is 33.1 Å². The van der Waals surface area contributed by atoms with E-state index >= 15 is 0 Å². The van der Waals surface area contributed by atoms with Crippen LogP contribution < -0.4 is 10.6 Å². The number of anilines is 2. The van der Waals surface area contributed by atoms with E-state index in [0.717, 1.165) is 18.8 Å². The van der Waals surface area contributed by atoms with Crippen molar-refractivity contribution >= 4 is 23.0 Å². The summed E-state index contributed by atoms with van der Waals surface area (Å²) in [6.45, 7) is 6.82. The molecule has 1 heterocycles. The molecule has 0 aromatic heterocycles. The van der Waals surface area contributed by atoms with E-state index in [9.17, 15) is 0 Å². The van der Waals surface area contributed by atoms with Gasteiger partial charge in [-0.05, 0) is 30.4 Å². The second-order valence-electron chi connectivity index (χ2n) is 5.32. The molecule has 2 N–H and O–H groups in total. The van der Waals surface area contributed by atoms with Gasteiger partial charge in [0, 0.05) is 13.1 Å². The Hall–Kier alpha value is -0.890. The SMILES string of the molecule is CCC1(C)CCN(c2cccc(Cl)c2N)CC1. The number of nitrogen functional groups attached to an aromatic ring is 1. The molecule has 2 nitrogen and oxygen atoms in total. The number of rotatable bonds is 2. The van der Waals surface area contributed by atoms with Crippen molar-refractivity contribution in [2.75, 3.05) is 23.7 Å². The highest BCUT2D eigenvalue weighted by Crippen LogP contribution is 2.38. The van der Waals surface area contributed by atoms with Gasteiger partial charge in [-0.25, -0.2) is 0 Å². The molecule has 17 heavy (non-hydrogen) atoms. The number of para-hydroxylation sites is 1. The van der Waals surface area contributed by atoms with Gasteiger partial charge in [-0.2, -0.15) is 0 Å². The zero-order valence-electron chi connectivity index (χ0n) is 10.7. The van der Waals surface area contributed by atoms with Crippen LogP contribution in [-0.2, 0) is 0 Å². The smallest absolute Gasteiger partial charge is 0.0741 e. The normalized spacial score (nSPS) is 19.4. The van der Waals surface area contributed by atoms with Gasteiger partial charge in [0.2, 0.25) is 0 Å². The lowest BCUT2D eigenvalue weighted by molar-refractivity contribution is 0.238. The number of nitrogens with zero attached hydrogens (tertiary/aromatic N) is 1. The molecule has 0 aliphatic carbocycles. The minimum absolute atomic E-state index is 0.504. The highest BCUT2D eigenvalue weighted by atomic mass is 35.5. The van der Waals surface area contributed by atoms with Crippen LogP contribution >= 0.6 is 11.6 Å². The van der Waals surface area contributed by atoms with Crippen molar-refractivity contribution in [1.82, 2.24) is 0 Å². The summed E-state index contributed by atoms with van der Waals surface area (Å²) < 4.78 is 0. The third kappa shape index (κ3) is 2.52. The number of benzene rings is 1. The van der Waals surface area contributed by atoms with E-state index in [4.69, 9.17) is 17.3 Å². The van der Waals surface area contributed by atoms with E-state index in [0.29, 0.717) is 16.1 Å². The summed E-state index contributed by atoms with van der Waals surface area (Å²) in [6.07, 6.45) is 3.72. The Morgan fingerprint density at radius 2 is 2.00 bits per heavy atom. The first-order valence-electron chi connectivity index (χ1n) is 6.35. The molecule has 1 aliphatic rings. The van der Waals surface area contributed by atoms with E-state index < -0.39 is 0 Å². The molecule has 94 valence electrons. The fraction of sp³-hybridized carbons (Fsp3) is 0.571. The van der Waals surface area contributed by atoms with Gasteiger partial charge >= 0.3 is 0 Å². The van der Waals surface area contributed by atoms with Crippen LogP contribution in [0, 0.1) is 5.41 Å². The van der Waals surface area contributed by atoms with Gasteiger partial charge in [0.05, 0.1) is 16.4 Å². The Morgan fingerprint density at radius 1 is 1.35 bits per heavy atom. The average Bonchev–Trinajstić information content (AvgIpc) is 2.34. The minimum atomic E-state index is 0.504. The molecule has 0 radical (unpaired) electrons. The summed E-state index contributed by atoms with van der Waals surface area (Å²) in [5.41, 5.74) is 8.35. The molecule has 2 rings (SSSR count). The highest BCUT2D eigenvalue weighted by Gasteiger charge is 2.28. The molecule has 0 unspecified atom stereocenters. The largest absolute Gasteiger partial charge is 0.396 e. The third-order valence-electron chi connectivity index (χ3n) is 4.19. The molecule has 1 aliphatic heterocycles. The first-order valence-corrected chi connectivity index (χ1v) is 6.72. The van der Waals surface area contributed by atoms with Crippen LogP contribution in [0.3, 0.4) is 0 Å². The van der Waals surface area contributed by atoms with Crippen LogP contribution in [0.5, 0.6) is 0 Å². The van der Waals surface area contributed by atoms with Crippen LogP contribution in [0.4, 0.5) is 11.4 Å². The number of halogens is 1. The maximum atomic E-state index is 6.06. The van der Waals surface area contributed by atoms with Crippen LogP contribution in [-0.4, -0.2) is 13.1 Å². The maximum absolute atomic E-state index is 6.06. The Morgan fingerprint density at radius 3 is 2.59 bits per heavy atom. The van der Waals surface area contributed by atoms with Gasteiger partial charge in [-0.3, -0.25) is 0 Å². The lowest BCUT2D eigenvalue weighted by Crippen LogP contribution is -2.38. The van der Waals surface area contributed by atoms with Crippen molar-refractivity contribution < 1.29 is 0 Å². The van der Waals surface area contributed by atoms with Crippen molar-refractivity contribution in [3.63, 3.8) is 0 Å². The summed E-state index contributed by atoms with van der Waals surface area (Å²) in [5, 5.41) is 0.659. The summed E-state index contributed by atoms with van der Waals surface area (Å²) in [6, 6.07) is 5.89. The summed E-state index contributed by atoms with van der Waals surface area (Å²) in [4.78, 5) is 2.36. The van der Waals surface area contributed by atoms with E-state index in [2.05, 4.69) is 24.8 Å². The molecule has 0 saturated carbocycles. The Labute approximate surface area is 109 Å². The molecule has 0 amide bonds. The Bertz CT molecular complexity index is 395. The second-order valence-corrected chi connectivity index (χ2v) is 5.73. The topological polar surface area (TPSA) is 29.3 Å². The lowest BCUT2D eigenvalue weighted by atomic mass is 9.78.